The van der Waals surface area contributed by atoms with E-state index in [1.165, 1.54) is 0 Å². The lowest BCUT2D eigenvalue weighted by Gasteiger charge is -2.09. The SMILES string of the molecule is COc1ncccc1-c1ccc(O)c(-c2nc3ccc(C(=O)NN)cc3[nH]2)c1. The minimum Gasteiger partial charge on any atom is -0.507 e. The molecule has 0 saturated carbocycles. The zero-order valence-electron chi connectivity index (χ0n) is 14.9. The number of carbonyl (C=O) groups excluding carboxylic acids is 1. The van der Waals surface area contributed by atoms with Crippen LogP contribution >= 0.6 is 0 Å². The van der Waals surface area contributed by atoms with Gasteiger partial charge in [-0.15, -0.1) is 0 Å². The first kappa shape index (κ1) is 17.5. The second-order valence-electron chi connectivity index (χ2n) is 6.08. The van der Waals surface area contributed by atoms with Crippen molar-refractivity contribution in [2.24, 2.45) is 5.84 Å². The Morgan fingerprint density at radius 3 is 2.82 bits per heavy atom. The third-order valence-electron chi connectivity index (χ3n) is 4.40. The maximum atomic E-state index is 11.7. The van der Waals surface area contributed by atoms with Crippen LogP contribution in [0.5, 0.6) is 11.6 Å². The van der Waals surface area contributed by atoms with Crippen molar-refractivity contribution in [3.8, 4) is 34.1 Å². The molecule has 0 aliphatic rings. The van der Waals surface area contributed by atoms with Gasteiger partial charge in [0.25, 0.3) is 5.91 Å². The van der Waals surface area contributed by atoms with Gasteiger partial charge in [0, 0.05) is 17.3 Å². The summed E-state index contributed by atoms with van der Waals surface area (Å²) in [6.07, 6.45) is 1.65. The standard InChI is InChI=1S/C20H17N5O3/c1-28-20-13(3-2-8-22-20)11-5-7-17(26)14(9-11)18-23-15-6-4-12(19(27)25-21)10-16(15)24-18/h2-10,26H,21H2,1H3,(H,23,24)(H,25,27). The number of methoxy groups -OCH3 is 1. The minimum atomic E-state index is -0.397. The number of pyridine rings is 1. The molecule has 1 amide bonds. The number of rotatable bonds is 4. The van der Waals surface area contributed by atoms with Gasteiger partial charge in [0.2, 0.25) is 5.88 Å². The third kappa shape index (κ3) is 3.01. The molecule has 0 atom stereocenters. The number of aromatic hydroxyl groups is 1. The molecule has 8 heteroatoms. The molecule has 2 heterocycles. The number of nitrogen functional groups attached to an aromatic ring is 1. The number of phenolic OH excluding ortho intramolecular Hbond substituents is 1. The van der Waals surface area contributed by atoms with E-state index in [1.807, 2.05) is 12.1 Å². The summed E-state index contributed by atoms with van der Waals surface area (Å²) in [5.41, 5.74) is 5.95. The molecule has 4 aromatic rings. The van der Waals surface area contributed by atoms with Crippen molar-refractivity contribution in [3.63, 3.8) is 0 Å². The monoisotopic (exact) mass is 375 g/mol. The number of ether oxygens (including phenoxy) is 1. The van der Waals surface area contributed by atoms with Gasteiger partial charge in [-0.25, -0.2) is 15.8 Å². The molecule has 140 valence electrons. The number of nitrogens with one attached hydrogen (secondary N) is 2. The summed E-state index contributed by atoms with van der Waals surface area (Å²) < 4.78 is 5.32. The van der Waals surface area contributed by atoms with E-state index in [1.54, 1.807) is 49.7 Å². The number of hydrazine groups is 1. The number of nitrogens with zero attached hydrogens (tertiary/aromatic N) is 2. The van der Waals surface area contributed by atoms with Gasteiger partial charge in [-0.3, -0.25) is 10.2 Å². The average Bonchev–Trinajstić information content (AvgIpc) is 3.16. The van der Waals surface area contributed by atoms with E-state index in [0.717, 1.165) is 11.1 Å². The Hall–Kier alpha value is -3.91. The zero-order chi connectivity index (χ0) is 19.7. The van der Waals surface area contributed by atoms with Gasteiger partial charge in [-0.2, -0.15) is 0 Å². The Morgan fingerprint density at radius 1 is 1.18 bits per heavy atom. The zero-order valence-corrected chi connectivity index (χ0v) is 14.9. The number of aromatic nitrogens is 3. The maximum absolute atomic E-state index is 11.7. The molecule has 0 saturated heterocycles. The van der Waals surface area contributed by atoms with Crippen molar-refractivity contribution in [3.05, 3.63) is 60.3 Å². The number of amides is 1. The first-order chi connectivity index (χ1) is 13.6. The number of hydrogen-bond donors (Lipinski definition) is 4. The van der Waals surface area contributed by atoms with Crippen LogP contribution < -0.4 is 16.0 Å². The number of benzene rings is 2. The van der Waals surface area contributed by atoms with Crippen LogP contribution in [0.25, 0.3) is 33.5 Å². The van der Waals surface area contributed by atoms with Crippen LogP contribution in [-0.4, -0.2) is 33.1 Å². The molecule has 2 aromatic heterocycles. The molecule has 0 unspecified atom stereocenters. The summed E-state index contributed by atoms with van der Waals surface area (Å²) in [5.74, 6) is 5.83. The number of hydrogen-bond acceptors (Lipinski definition) is 6. The molecule has 2 aromatic carbocycles. The number of imidazole rings is 1. The van der Waals surface area contributed by atoms with Gasteiger partial charge in [-0.05, 0) is 48.0 Å². The predicted octanol–water partition coefficient (Wildman–Crippen LogP) is 2.61. The first-order valence-electron chi connectivity index (χ1n) is 8.44. The maximum Gasteiger partial charge on any atom is 0.265 e. The van der Waals surface area contributed by atoms with Gasteiger partial charge in [0.1, 0.15) is 11.6 Å². The second-order valence-corrected chi connectivity index (χ2v) is 6.08. The van der Waals surface area contributed by atoms with Crippen LogP contribution in [0.1, 0.15) is 10.4 Å². The first-order valence-corrected chi connectivity index (χ1v) is 8.44. The van der Waals surface area contributed by atoms with E-state index in [0.29, 0.717) is 33.9 Å². The second kappa shape index (κ2) is 7.01. The van der Waals surface area contributed by atoms with Gasteiger partial charge in [-0.1, -0.05) is 6.07 Å². The highest BCUT2D eigenvalue weighted by Gasteiger charge is 2.14. The molecule has 0 radical (unpaired) electrons. The smallest absolute Gasteiger partial charge is 0.265 e. The predicted molar refractivity (Wildman–Crippen MR) is 105 cm³/mol. The van der Waals surface area contributed by atoms with Gasteiger partial charge in [0.15, 0.2) is 0 Å². The lowest BCUT2D eigenvalue weighted by Crippen LogP contribution is -2.29. The highest BCUT2D eigenvalue weighted by Crippen LogP contribution is 2.35. The molecule has 0 spiro atoms. The van der Waals surface area contributed by atoms with Crippen molar-refractivity contribution < 1.29 is 14.6 Å². The van der Waals surface area contributed by atoms with E-state index in [4.69, 9.17) is 10.6 Å². The summed E-state index contributed by atoms with van der Waals surface area (Å²) in [6, 6.07) is 13.9. The number of phenols is 1. The molecule has 0 fully saturated rings. The molecule has 8 nitrogen and oxygen atoms in total. The number of aromatic amines is 1. The summed E-state index contributed by atoms with van der Waals surface area (Å²) in [5, 5.41) is 10.4. The molecule has 5 N–H and O–H groups in total. The number of carbonyl (C=O) groups is 1. The van der Waals surface area contributed by atoms with Crippen molar-refractivity contribution >= 4 is 16.9 Å². The lowest BCUT2D eigenvalue weighted by molar-refractivity contribution is 0.0954. The Labute approximate surface area is 160 Å². The normalized spacial score (nSPS) is 10.8. The van der Waals surface area contributed by atoms with E-state index in [-0.39, 0.29) is 5.75 Å². The number of H-pyrrole nitrogens is 1. The van der Waals surface area contributed by atoms with Crippen LogP contribution in [0.3, 0.4) is 0 Å². The Kier molecular flexibility index (Phi) is 4.38. The quantitative estimate of drug-likeness (QED) is 0.247. The topological polar surface area (TPSA) is 126 Å². The van der Waals surface area contributed by atoms with Crippen molar-refractivity contribution in [2.75, 3.05) is 7.11 Å². The van der Waals surface area contributed by atoms with E-state index in [9.17, 15) is 9.90 Å². The fourth-order valence-corrected chi connectivity index (χ4v) is 3.03. The van der Waals surface area contributed by atoms with Gasteiger partial charge in [0.05, 0.1) is 23.7 Å². The molecular weight excluding hydrogens is 358 g/mol. The summed E-state index contributed by atoms with van der Waals surface area (Å²) >= 11 is 0. The van der Waals surface area contributed by atoms with Crippen molar-refractivity contribution in [1.82, 2.24) is 20.4 Å². The highest BCUT2D eigenvalue weighted by molar-refractivity contribution is 5.97. The molecule has 0 aliphatic heterocycles. The number of fused-ring (bicyclic) bond motifs is 1. The molecule has 0 aliphatic carbocycles. The summed E-state index contributed by atoms with van der Waals surface area (Å²) in [6.45, 7) is 0. The van der Waals surface area contributed by atoms with E-state index < -0.39 is 5.91 Å². The summed E-state index contributed by atoms with van der Waals surface area (Å²) in [4.78, 5) is 23.6. The lowest BCUT2D eigenvalue weighted by atomic mass is 10.0. The minimum absolute atomic E-state index is 0.0746. The Balaban J connectivity index is 1.82. The molecule has 28 heavy (non-hydrogen) atoms. The van der Waals surface area contributed by atoms with Crippen LogP contribution in [0.2, 0.25) is 0 Å². The third-order valence-corrected chi connectivity index (χ3v) is 4.40. The highest BCUT2D eigenvalue weighted by atomic mass is 16.5. The molecular formula is C20H17N5O3. The van der Waals surface area contributed by atoms with E-state index >= 15 is 0 Å². The number of nitrogens with two attached hydrogens (primary N) is 1. The largest absolute Gasteiger partial charge is 0.507 e. The van der Waals surface area contributed by atoms with Crippen LogP contribution in [0.4, 0.5) is 0 Å². The van der Waals surface area contributed by atoms with Crippen LogP contribution in [0.15, 0.2) is 54.7 Å². The van der Waals surface area contributed by atoms with Crippen LogP contribution in [-0.2, 0) is 0 Å². The van der Waals surface area contributed by atoms with Crippen molar-refractivity contribution in [2.45, 2.75) is 0 Å². The van der Waals surface area contributed by atoms with E-state index in [2.05, 4.69) is 20.4 Å². The Bertz CT molecular complexity index is 1190. The Morgan fingerprint density at radius 2 is 2.04 bits per heavy atom. The molecule has 0 bridgehead atoms. The fourth-order valence-electron chi connectivity index (χ4n) is 3.03. The van der Waals surface area contributed by atoms with Gasteiger partial charge < -0.3 is 14.8 Å². The van der Waals surface area contributed by atoms with Crippen LogP contribution in [0, 0.1) is 0 Å². The fraction of sp³-hybridized carbons (Fsp3) is 0.0500. The average molecular weight is 375 g/mol. The van der Waals surface area contributed by atoms with Gasteiger partial charge >= 0.3 is 0 Å². The van der Waals surface area contributed by atoms with Crippen molar-refractivity contribution in [1.29, 1.82) is 0 Å². The molecule has 4 rings (SSSR count). The summed E-state index contributed by atoms with van der Waals surface area (Å²) in [7, 11) is 1.56.